The molecule has 5 heteroatoms. The fourth-order valence-corrected chi connectivity index (χ4v) is 1.60. The molecule has 1 aromatic carbocycles. The lowest BCUT2D eigenvalue weighted by atomic mass is 10.1. The molecule has 19 heavy (non-hydrogen) atoms. The van der Waals surface area contributed by atoms with Gasteiger partial charge in [-0.2, -0.15) is 5.26 Å². The zero-order chi connectivity index (χ0) is 14.3. The van der Waals surface area contributed by atoms with Crippen molar-refractivity contribution >= 4 is 5.91 Å². The molecule has 0 atom stereocenters. The molecule has 0 bridgehead atoms. The van der Waals surface area contributed by atoms with Crippen molar-refractivity contribution in [1.82, 2.24) is 10.2 Å². The first-order chi connectivity index (χ1) is 9.08. The topological polar surface area (TPSA) is 65.4 Å². The minimum atomic E-state index is 0.0972. The molecular weight excluding hydrogens is 242 g/mol. The van der Waals surface area contributed by atoms with Crippen LogP contribution in [0, 0.1) is 11.3 Å². The molecular formula is C14H19N3O2. The third-order valence-electron chi connectivity index (χ3n) is 2.73. The second-order valence-corrected chi connectivity index (χ2v) is 4.36. The van der Waals surface area contributed by atoms with Gasteiger partial charge < -0.3 is 15.0 Å². The summed E-state index contributed by atoms with van der Waals surface area (Å²) < 4.78 is 5.08. The number of methoxy groups -OCH3 is 1. The van der Waals surface area contributed by atoms with Gasteiger partial charge in [0.1, 0.15) is 11.8 Å². The largest absolute Gasteiger partial charge is 0.495 e. The van der Waals surface area contributed by atoms with Crippen LogP contribution in [0.25, 0.3) is 0 Å². The number of nitriles is 1. The maximum Gasteiger partial charge on any atom is 0.223 e. The van der Waals surface area contributed by atoms with Gasteiger partial charge in [0.2, 0.25) is 5.91 Å². The van der Waals surface area contributed by atoms with Gasteiger partial charge in [0, 0.05) is 33.6 Å². The lowest BCUT2D eigenvalue weighted by Gasteiger charge is -2.11. The zero-order valence-corrected chi connectivity index (χ0v) is 11.6. The molecule has 5 nitrogen and oxygen atoms in total. The molecule has 0 aliphatic heterocycles. The van der Waals surface area contributed by atoms with E-state index in [2.05, 4.69) is 11.4 Å². The summed E-state index contributed by atoms with van der Waals surface area (Å²) >= 11 is 0. The predicted molar refractivity (Wildman–Crippen MR) is 72.7 cm³/mol. The van der Waals surface area contributed by atoms with Crippen molar-refractivity contribution in [2.24, 2.45) is 0 Å². The van der Waals surface area contributed by atoms with E-state index in [9.17, 15) is 4.79 Å². The van der Waals surface area contributed by atoms with E-state index < -0.39 is 0 Å². The normalized spacial score (nSPS) is 9.79. The molecule has 0 heterocycles. The van der Waals surface area contributed by atoms with Gasteiger partial charge in [0.05, 0.1) is 12.7 Å². The molecule has 0 aliphatic carbocycles. The average Bonchev–Trinajstić information content (AvgIpc) is 2.42. The number of ether oxygens (including phenoxy) is 1. The third kappa shape index (κ3) is 4.60. The summed E-state index contributed by atoms with van der Waals surface area (Å²) in [6, 6.07) is 7.57. The molecule has 0 saturated heterocycles. The Labute approximate surface area is 113 Å². The summed E-state index contributed by atoms with van der Waals surface area (Å²) in [5, 5.41) is 12.2. The summed E-state index contributed by atoms with van der Waals surface area (Å²) in [6.45, 7) is 1.24. The molecule has 0 unspecified atom stereocenters. The van der Waals surface area contributed by atoms with E-state index >= 15 is 0 Å². The second-order valence-electron chi connectivity index (χ2n) is 4.36. The summed E-state index contributed by atoms with van der Waals surface area (Å²) in [5.74, 6) is 0.675. The highest BCUT2D eigenvalue weighted by Gasteiger charge is 2.05. The fourth-order valence-electron chi connectivity index (χ4n) is 1.60. The van der Waals surface area contributed by atoms with Crippen LogP contribution in [0.15, 0.2) is 18.2 Å². The fraction of sp³-hybridized carbons (Fsp3) is 0.429. The molecule has 0 aliphatic rings. The summed E-state index contributed by atoms with van der Waals surface area (Å²) in [6.07, 6.45) is 0.467. The van der Waals surface area contributed by atoms with Crippen molar-refractivity contribution in [1.29, 1.82) is 5.26 Å². The lowest BCUT2D eigenvalue weighted by molar-refractivity contribution is -0.128. The standard InChI is InChI=1S/C14H19N3O2/c1-17(2)14(18)6-7-16-10-11-4-5-13(19-3)12(8-11)9-15/h4-5,8,16H,6-7,10H2,1-3H3. The number of nitrogens with one attached hydrogen (secondary N) is 1. The summed E-state index contributed by atoms with van der Waals surface area (Å²) in [4.78, 5) is 12.9. The molecule has 1 rings (SSSR count). The highest BCUT2D eigenvalue weighted by Crippen LogP contribution is 2.18. The van der Waals surface area contributed by atoms with E-state index in [1.54, 1.807) is 38.2 Å². The number of nitrogens with zero attached hydrogens (tertiary/aromatic N) is 2. The van der Waals surface area contributed by atoms with Crippen molar-refractivity contribution in [3.63, 3.8) is 0 Å². The summed E-state index contributed by atoms with van der Waals surface area (Å²) in [5.41, 5.74) is 1.51. The number of carbonyl (C=O) groups is 1. The number of benzene rings is 1. The molecule has 0 fully saturated rings. The van der Waals surface area contributed by atoms with E-state index in [1.807, 2.05) is 6.07 Å². The van der Waals surface area contributed by atoms with Crippen molar-refractivity contribution in [3.05, 3.63) is 29.3 Å². The van der Waals surface area contributed by atoms with Crippen LogP contribution in [0.1, 0.15) is 17.5 Å². The van der Waals surface area contributed by atoms with Crippen LogP contribution >= 0.6 is 0 Å². The maximum absolute atomic E-state index is 11.4. The van der Waals surface area contributed by atoms with Gasteiger partial charge in [-0.25, -0.2) is 0 Å². The van der Waals surface area contributed by atoms with Crippen LogP contribution in [-0.2, 0) is 11.3 Å². The highest BCUT2D eigenvalue weighted by atomic mass is 16.5. The van der Waals surface area contributed by atoms with Gasteiger partial charge in [-0.15, -0.1) is 0 Å². The van der Waals surface area contributed by atoms with Gasteiger partial charge in [0.15, 0.2) is 0 Å². The van der Waals surface area contributed by atoms with Gasteiger partial charge >= 0.3 is 0 Å². The molecule has 1 N–H and O–H groups in total. The Bertz CT molecular complexity index is 478. The van der Waals surface area contributed by atoms with E-state index in [4.69, 9.17) is 10.00 Å². The first kappa shape index (κ1) is 15.0. The monoisotopic (exact) mass is 261 g/mol. The minimum absolute atomic E-state index is 0.0972. The molecule has 1 amide bonds. The van der Waals surface area contributed by atoms with Crippen molar-refractivity contribution in [3.8, 4) is 11.8 Å². The second kappa shape index (κ2) is 7.39. The smallest absolute Gasteiger partial charge is 0.223 e. The first-order valence-electron chi connectivity index (χ1n) is 6.06. The SMILES string of the molecule is COc1ccc(CNCCC(=O)N(C)C)cc1C#N. The van der Waals surface area contributed by atoms with Crippen LogP contribution < -0.4 is 10.1 Å². The van der Waals surface area contributed by atoms with E-state index in [0.717, 1.165) is 5.56 Å². The molecule has 1 aromatic rings. The quantitative estimate of drug-likeness (QED) is 0.780. The Morgan fingerprint density at radius 3 is 2.79 bits per heavy atom. The van der Waals surface area contributed by atoms with Crippen LogP contribution in [0.2, 0.25) is 0 Å². The summed E-state index contributed by atoms with van der Waals surface area (Å²) in [7, 11) is 5.02. The van der Waals surface area contributed by atoms with Gasteiger partial charge in [-0.3, -0.25) is 4.79 Å². The number of hydrogen-bond acceptors (Lipinski definition) is 4. The maximum atomic E-state index is 11.4. The molecule has 0 radical (unpaired) electrons. The Hall–Kier alpha value is -2.06. The minimum Gasteiger partial charge on any atom is -0.495 e. The first-order valence-corrected chi connectivity index (χ1v) is 6.06. The number of hydrogen-bond donors (Lipinski definition) is 1. The van der Waals surface area contributed by atoms with Crippen molar-refractivity contribution in [2.75, 3.05) is 27.7 Å². The van der Waals surface area contributed by atoms with Gasteiger partial charge in [0.25, 0.3) is 0 Å². The number of carbonyl (C=O) groups excluding carboxylic acids is 1. The molecule has 0 saturated carbocycles. The predicted octanol–water partition coefficient (Wildman–Crippen LogP) is 1.13. The van der Waals surface area contributed by atoms with Crippen molar-refractivity contribution < 1.29 is 9.53 Å². The zero-order valence-electron chi connectivity index (χ0n) is 11.6. The Morgan fingerprint density at radius 2 is 2.21 bits per heavy atom. The van der Waals surface area contributed by atoms with Crippen LogP contribution in [0.5, 0.6) is 5.75 Å². The lowest BCUT2D eigenvalue weighted by Crippen LogP contribution is -2.26. The van der Waals surface area contributed by atoms with E-state index in [0.29, 0.717) is 30.8 Å². The van der Waals surface area contributed by atoms with Crippen LogP contribution in [0.4, 0.5) is 0 Å². The van der Waals surface area contributed by atoms with E-state index in [-0.39, 0.29) is 5.91 Å². The molecule has 102 valence electrons. The Morgan fingerprint density at radius 1 is 1.47 bits per heavy atom. The average molecular weight is 261 g/mol. The van der Waals surface area contributed by atoms with E-state index in [1.165, 1.54) is 0 Å². The molecule has 0 spiro atoms. The Balaban J connectivity index is 2.46. The van der Waals surface area contributed by atoms with Gasteiger partial charge in [-0.05, 0) is 17.7 Å². The third-order valence-corrected chi connectivity index (χ3v) is 2.73. The Kier molecular flexibility index (Phi) is 5.83. The molecule has 0 aromatic heterocycles. The van der Waals surface area contributed by atoms with Gasteiger partial charge in [-0.1, -0.05) is 6.07 Å². The van der Waals surface area contributed by atoms with Crippen LogP contribution in [-0.4, -0.2) is 38.6 Å². The highest BCUT2D eigenvalue weighted by molar-refractivity contribution is 5.75. The van der Waals surface area contributed by atoms with Crippen molar-refractivity contribution in [2.45, 2.75) is 13.0 Å². The van der Waals surface area contributed by atoms with Crippen LogP contribution in [0.3, 0.4) is 0 Å². The number of amides is 1. The number of rotatable bonds is 6.